The highest BCUT2D eigenvalue weighted by Crippen LogP contribution is 2.35. The van der Waals surface area contributed by atoms with Gasteiger partial charge in [-0.25, -0.2) is 0 Å². The van der Waals surface area contributed by atoms with Gasteiger partial charge >= 0.3 is 0 Å². The quantitative estimate of drug-likeness (QED) is 0.474. The van der Waals surface area contributed by atoms with Crippen LogP contribution in [0.5, 0.6) is 0 Å². The van der Waals surface area contributed by atoms with Gasteiger partial charge in [-0.1, -0.05) is 15.9 Å². The van der Waals surface area contributed by atoms with Crippen LogP contribution in [-0.4, -0.2) is 63.7 Å². The zero-order valence-corrected chi connectivity index (χ0v) is 19.8. The number of pyridine rings is 1. The number of piperidine rings is 2. The molecule has 2 aromatic rings. The number of halogens is 1. The van der Waals surface area contributed by atoms with Gasteiger partial charge in [0, 0.05) is 55.2 Å². The maximum Gasteiger partial charge on any atom is 0.294 e. The van der Waals surface area contributed by atoms with E-state index in [2.05, 4.69) is 26.2 Å². The van der Waals surface area contributed by atoms with E-state index in [1.54, 1.807) is 34.2 Å². The number of nitro benzene ring substituents is 1. The number of amides is 2. The predicted molar refractivity (Wildman–Crippen MR) is 127 cm³/mol. The van der Waals surface area contributed by atoms with E-state index in [0.717, 1.165) is 32.1 Å². The Bertz CT molecular complexity index is 1040. The standard InChI is InChI=1S/C23H26BrN5O4/c24-17-12-19(23(31)27-9-2-1-3-10-27)21(20(13-17)29(32)33)26-18-7-5-11-28(15-18)22(30)16-6-4-8-25-14-16/h4,6,8,12-14,18,26H,1-3,5,7,9-11,15H2/t18-/m1/s1. The average Bonchev–Trinajstić information content (AvgIpc) is 2.85. The van der Waals surface area contributed by atoms with Crippen molar-refractivity contribution in [3.63, 3.8) is 0 Å². The van der Waals surface area contributed by atoms with Gasteiger partial charge in [0.15, 0.2) is 0 Å². The van der Waals surface area contributed by atoms with Crippen LogP contribution in [-0.2, 0) is 0 Å². The van der Waals surface area contributed by atoms with Gasteiger partial charge in [0.25, 0.3) is 17.5 Å². The largest absolute Gasteiger partial charge is 0.374 e. The van der Waals surface area contributed by atoms with Crippen LogP contribution >= 0.6 is 15.9 Å². The summed E-state index contributed by atoms with van der Waals surface area (Å²) in [5.74, 6) is -0.328. The average molecular weight is 516 g/mol. The molecule has 2 saturated heterocycles. The molecule has 0 spiro atoms. The van der Waals surface area contributed by atoms with Crippen LogP contribution in [0, 0.1) is 10.1 Å². The van der Waals surface area contributed by atoms with E-state index in [1.165, 1.54) is 12.3 Å². The number of rotatable bonds is 5. The molecule has 1 aromatic heterocycles. The minimum absolute atomic E-state index is 0.121. The fraction of sp³-hybridized carbons (Fsp3) is 0.435. The van der Waals surface area contributed by atoms with Crippen LogP contribution in [0.2, 0.25) is 0 Å². The molecule has 4 rings (SSSR count). The number of nitro groups is 1. The normalized spacial score (nSPS) is 18.6. The smallest absolute Gasteiger partial charge is 0.294 e. The van der Waals surface area contributed by atoms with E-state index in [0.29, 0.717) is 36.2 Å². The fourth-order valence-electron chi connectivity index (χ4n) is 4.48. The Morgan fingerprint density at radius 3 is 2.55 bits per heavy atom. The second kappa shape index (κ2) is 10.3. The molecule has 2 aliphatic rings. The summed E-state index contributed by atoms with van der Waals surface area (Å²) >= 11 is 3.33. The number of nitrogens with one attached hydrogen (secondary N) is 1. The van der Waals surface area contributed by atoms with E-state index >= 15 is 0 Å². The molecule has 10 heteroatoms. The summed E-state index contributed by atoms with van der Waals surface area (Å²) in [5.41, 5.74) is 0.863. The van der Waals surface area contributed by atoms with E-state index in [1.807, 2.05) is 0 Å². The highest BCUT2D eigenvalue weighted by Gasteiger charge is 2.31. The number of hydrogen-bond acceptors (Lipinski definition) is 6. The highest BCUT2D eigenvalue weighted by molar-refractivity contribution is 9.10. The van der Waals surface area contributed by atoms with Crippen LogP contribution in [0.25, 0.3) is 0 Å². The topological polar surface area (TPSA) is 109 Å². The number of nitrogens with zero attached hydrogens (tertiary/aromatic N) is 4. The molecule has 0 radical (unpaired) electrons. The van der Waals surface area contributed by atoms with Gasteiger partial charge in [-0.05, 0) is 50.3 Å². The monoisotopic (exact) mass is 515 g/mol. The van der Waals surface area contributed by atoms with Crippen molar-refractivity contribution >= 4 is 39.1 Å². The lowest BCUT2D eigenvalue weighted by Gasteiger charge is -2.34. The third-order valence-electron chi connectivity index (χ3n) is 6.12. The molecule has 2 fully saturated rings. The van der Waals surface area contributed by atoms with Gasteiger partial charge in [-0.3, -0.25) is 24.7 Å². The van der Waals surface area contributed by atoms with Crippen LogP contribution < -0.4 is 5.32 Å². The first kappa shape index (κ1) is 23.2. The highest BCUT2D eigenvalue weighted by atomic mass is 79.9. The van der Waals surface area contributed by atoms with Crippen molar-refractivity contribution in [3.05, 3.63) is 62.4 Å². The summed E-state index contributed by atoms with van der Waals surface area (Å²) in [6, 6.07) is 6.29. The number of hydrogen-bond donors (Lipinski definition) is 1. The van der Waals surface area contributed by atoms with Crippen LogP contribution in [0.4, 0.5) is 11.4 Å². The lowest BCUT2D eigenvalue weighted by atomic mass is 10.0. The number of anilines is 1. The molecular weight excluding hydrogens is 490 g/mol. The van der Waals surface area contributed by atoms with Crippen molar-refractivity contribution in [1.82, 2.24) is 14.8 Å². The first-order valence-electron chi connectivity index (χ1n) is 11.2. The van der Waals surface area contributed by atoms with Gasteiger partial charge in [-0.2, -0.15) is 0 Å². The maximum absolute atomic E-state index is 13.3. The zero-order valence-electron chi connectivity index (χ0n) is 18.2. The van der Waals surface area contributed by atoms with E-state index in [-0.39, 0.29) is 34.8 Å². The number of carbonyl (C=O) groups is 2. The summed E-state index contributed by atoms with van der Waals surface area (Å²) < 4.78 is 0.483. The maximum atomic E-state index is 13.3. The van der Waals surface area contributed by atoms with Crippen molar-refractivity contribution in [3.8, 4) is 0 Å². The summed E-state index contributed by atoms with van der Waals surface area (Å²) in [6.07, 6.45) is 7.58. The Balaban J connectivity index is 1.60. The third-order valence-corrected chi connectivity index (χ3v) is 6.58. The predicted octanol–water partition coefficient (Wildman–Crippen LogP) is 4.10. The molecule has 1 atom stereocenters. The number of benzene rings is 1. The number of likely N-dealkylation sites (tertiary alicyclic amines) is 2. The number of aromatic nitrogens is 1. The molecule has 2 aliphatic heterocycles. The first-order chi connectivity index (χ1) is 15.9. The Morgan fingerprint density at radius 1 is 1.09 bits per heavy atom. The summed E-state index contributed by atoms with van der Waals surface area (Å²) in [7, 11) is 0. The summed E-state index contributed by atoms with van der Waals surface area (Å²) in [5, 5.41) is 15.1. The van der Waals surface area contributed by atoms with E-state index in [9.17, 15) is 19.7 Å². The van der Waals surface area contributed by atoms with Crippen LogP contribution in [0.3, 0.4) is 0 Å². The van der Waals surface area contributed by atoms with Crippen LogP contribution in [0.15, 0.2) is 41.1 Å². The van der Waals surface area contributed by atoms with Gasteiger partial charge in [0.05, 0.1) is 16.1 Å². The fourth-order valence-corrected chi connectivity index (χ4v) is 4.93. The molecular formula is C23H26BrN5O4. The molecule has 3 heterocycles. The van der Waals surface area contributed by atoms with Crippen molar-refractivity contribution < 1.29 is 14.5 Å². The van der Waals surface area contributed by atoms with E-state index in [4.69, 9.17) is 0 Å². The molecule has 0 unspecified atom stereocenters. The van der Waals surface area contributed by atoms with Crippen LogP contribution in [0.1, 0.15) is 52.8 Å². The molecule has 2 amide bonds. The summed E-state index contributed by atoms with van der Waals surface area (Å²) in [4.78, 5) is 45.1. The zero-order chi connectivity index (χ0) is 23.4. The third kappa shape index (κ3) is 5.32. The molecule has 9 nitrogen and oxygen atoms in total. The van der Waals surface area contributed by atoms with Crippen molar-refractivity contribution in [2.45, 2.75) is 38.1 Å². The van der Waals surface area contributed by atoms with Crippen molar-refractivity contribution in [2.24, 2.45) is 0 Å². The molecule has 0 saturated carbocycles. The van der Waals surface area contributed by atoms with Crippen molar-refractivity contribution in [1.29, 1.82) is 0 Å². The van der Waals surface area contributed by atoms with E-state index < -0.39 is 4.92 Å². The lowest BCUT2D eigenvalue weighted by molar-refractivity contribution is -0.384. The first-order valence-corrected chi connectivity index (χ1v) is 12.0. The SMILES string of the molecule is O=C(c1cccnc1)N1CCC[C@@H](Nc2c(C(=O)N3CCCCC3)cc(Br)cc2[N+](=O)[O-])C1. The molecule has 0 bridgehead atoms. The second-order valence-corrected chi connectivity index (χ2v) is 9.35. The van der Waals surface area contributed by atoms with Gasteiger partial charge in [0.1, 0.15) is 5.69 Å². The van der Waals surface area contributed by atoms with Gasteiger partial charge < -0.3 is 15.1 Å². The van der Waals surface area contributed by atoms with Crippen molar-refractivity contribution in [2.75, 3.05) is 31.5 Å². The van der Waals surface area contributed by atoms with Gasteiger partial charge in [0.2, 0.25) is 0 Å². The molecule has 0 aliphatic carbocycles. The molecule has 1 N–H and O–H groups in total. The summed E-state index contributed by atoms with van der Waals surface area (Å²) in [6.45, 7) is 2.29. The minimum Gasteiger partial charge on any atom is -0.374 e. The minimum atomic E-state index is -0.471. The Labute approximate surface area is 200 Å². The molecule has 33 heavy (non-hydrogen) atoms. The second-order valence-electron chi connectivity index (χ2n) is 8.43. The Hall–Kier alpha value is -3.01. The molecule has 1 aromatic carbocycles. The lowest BCUT2D eigenvalue weighted by Crippen LogP contribution is -2.45. The Kier molecular flexibility index (Phi) is 7.22. The van der Waals surface area contributed by atoms with Gasteiger partial charge in [-0.15, -0.1) is 0 Å². The number of carbonyl (C=O) groups excluding carboxylic acids is 2. The Morgan fingerprint density at radius 2 is 1.85 bits per heavy atom. The molecule has 174 valence electrons.